The number of fused-ring (bicyclic) bond motifs is 1. The van der Waals surface area contributed by atoms with Crippen LogP contribution in [0.3, 0.4) is 0 Å². The van der Waals surface area contributed by atoms with Gasteiger partial charge in [-0.2, -0.15) is 5.10 Å². The van der Waals surface area contributed by atoms with Crippen molar-refractivity contribution in [2.75, 3.05) is 13.2 Å². The van der Waals surface area contributed by atoms with Gasteiger partial charge in [0.25, 0.3) is 0 Å². The van der Waals surface area contributed by atoms with Crippen LogP contribution < -0.4 is 4.74 Å². The largest absolute Gasteiger partial charge is 0.493 e. The second-order valence-corrected chi connectivity index (χ2v) is 4.87. The van der Waals surface area contributed by atoms with E-state index in [2.05, 4.69) is 5.10 Å². The van der Waals surface area contributed by atoms with E-state index in [9.17, 15) is 4.79 Å². The van der Waals surface area contributed by atoms with Gasteiger partial charge in [0.1, 0.15) is 5.75 Å². The summed E-state index contributed by atoms with van der Waals surface area (Å²) in [5.74, 6) is 0.754. The van der Waals surface area contributed by atoms with Crippen molar-refractivity contribution >= 4 is 5.97 Å². The molecule has 0 unspecified atom stereocenters. The van der Waals surface area contributed by atoms with E-state index < -0.39 is 0 Å². The fourth-order valence-corrected chi connectivity index (χ4v) is 2.38. The molecule has 1 atom stereocenters. The van der Waals surface area contributed by atoms with E-state index in [-0.39, 0.29) is 11.9 Å². The molecule has 1 aliphatic heterocycles. The highest BCUT2D eigenvalue weighted by Gasteiger charge is 2.22. The van der Waals surface area contributed by atoms with Crippen LogP contribution in [-0.2, 0) is 11.8 Å². The minimum absolute atomic E-state index is 0.195. The van der Waals surface area contributed by atoms with Crippen LogP contribution in [-0.4, -0.2) is 29.0 Å². The number of aromatic nitrogens is 2. The molecule has 0 bridgehead atoms. The Balaban J connectivity index is 1.66. The van der Waals surface area contributed by atoms with E-state index in [1.165, 1.54) is 6.20 Å². The van der Waals surface area contributed by atoms with Gasteiger partial charge in [-0.15, -0.1) is 0 Å². The Morgan fingerprint density at radius 2 is 2.35 bits per heavy atom. The summed E-state index contributed by atoms with van der Waals surface area (Å²) in [5, 5.41) is 3.96. The third-order valence-corrected chi connectivity index (χ3v) is 3.44. The maximum atomic E-state index is 11.9. The molecule has 0 spiro atoms. The molecule has 0 amide bonds. The monoisotopic (exact) mass is 272 g/mol. The van der Waals surface area contributed by atoms with Crippen molar-refractivity contribution in [1.82, 2.24) is 9.78 Å². The SMILES string of the molecule is Cn1cc(C(=O)OC[C@H]2CCOc3ccccc32)cn1. The van der Waals surface area contributed by atoms with Crippen molar-refractivity contribution in [3.63, 3.8) is 0 Å². The number of rotatable bonds is 3. The Labute approximate surface area is 117 Å². The number of carbonyl (C=O) groups is 1. The zero-order valence-electron chi connectivity index (χ0n) is 11.3. The first kappa shape index (κ1) is 12.7. The van der Waals surface area contributed by atoms with E-state index in [1.807, 2.05) is 24.3 Å². The zero-order valence-corrected chi connectivity index (χ0v) is 11.3. The Hall–Kier alpha value is -2.30. The average molecular weight is 272 g/mol. The highest BCUT2D eigenvalue weighted by Crippen LogP contribution is 2.33. The lowest BCUT2D eigenvalue weighted by molar-refractivity contribution is 0.0459. The molecule has 3 rings (SSSR count). The third kappa shape index (κ3) is 2.52. The normalized spacial score (nSPS) is 17.1. The molecule has 1 aromatic heterocycles. The van der Waals surface area contributed by atoms with E-state index in [1.54, 1.807) is 17.9 Å². The lowest BCUT2D eigenvalue weighted by Crippen LogP contribution is -2.20. The Morgan fingerprint density at radius 3 is 3.15 bits per heavy atom. The summed E-state index contributed by atoms with van der Waals surface area (Å²) < 4.78 is 12.6. The standard InChI is InChI=1S/C15H16N2O3/c1-17-9-12(8-16-17)15(18)20-10-11-6-7-19-14-5-3-2-4-13(11)14/h2-5,8-9,11H,6-7,10H2,1H3/t11-/m1/s1. The molecule has 0 radical (unpaired) electrons. The van der Waals surface area contributed by atoms with E-state index >= 15 is 0 Å². The van der Waals surface area contributed by atoms with Crippen LogP contribution in [0.15, 0.2) is 36.7 Å². The second-order valence-electron chi connectivity index (χ2n) is 4.87. The molecule has 2 aromatic rings. The fourth-order valence-electron chi connectivity index (χ4n) is 2.38. The van der Waals surface area contributed by atoms with Crippen LogP contribution in [0.25, 0.3) is 0 Å². The van der Waals surface area contributed by atoms with Crippen LogP contribution in [0.1, 0.15) is 28.3 Å². The van der Waals surface area contributed by atoms with Gasteiger partial charge in [0.2, 0.25) is 0 Å². The molecule has 104 valence electrons. The van der Waals surface area contributed by atoms with Crippen molar-refractivity contribution < 1.29 is 14.3 Å². The number of carbonyl (C=O) groups excluding carboxylic acids is 1. The van der Waals surface area contributed by atoms with Gasteiger partial charge in [-0.3, -0.25) is 4.68 Å². The average Bonchev–Trinajstić information content (AvgIpc) is 2.91. The molecular formula is C15H16N2O3. The Bertz CT molecular complexity index is 621. The summed E-state index contributed by atoms with van der Waals surface area (Å²) in [6.07, 6.45) is 4.03. The van der Waals surface area contributed by atoms with Crippen LogP contribution in [0.2, 0.25) is 0 Å². The predicted molar refractivity (Wildman–Crippen MR) is 72.8 cm³/mol. The third-order valence-electron chi connectivity index (χ3n) is 3.44. The molecule has 0 aliphatic carbocycles. The number of nitrogens with zero attached hydrogens (tertiary/aromatic N) is 2. The minimum atomic E-state index is -0.331. The van der Waals surface area contributed by atoms with Crippen molar-refractivity contribution in [3.05, 3.63) is 47.8 Å². The van der Waals surface area contributed by atoms with Gasteiger partial charge >= 0.3 is 5.97 Å². The molecule has 5 heteroatoms. The maximum Gasteiger partial charge on any atom is 0.341 e. The fraction of sp³-hybridized carbons (Fsp3) is 0.333. The Morgan fingerprint density at radius 1 is 1.50 bits per heavy atom. The van der Waals surface area contributed by atoms with Crippen molar-refractivity contribution in [1.29, 1.82) is 0 Å². The molecule has 20 heavy (non-hydrogen) atoms. The summed E-state index contributed by atoms with van der Waals surface area (Å²) in [4.78, 5) is 11.9. The second kappa shape index (κ2) is 5.36. The molecule has 0 N–H and O–H groups in total. The summed E-state index contributed by atoms with van der Waals surface area (Å²) >= 11 is 0. The summed E-state index contributed by atoms with van der Waals surface area (Å²) in [7, 11) is 1.77. The van der Waals surface area contributed by atoms with Crippen LogP contribution in [0.4, 0.5) is 0 Å². The first-order valence-corrected chi connectivity index (χ1v) is 6.61. The Kier molecular flexibility index (Phi) is 3.41. The topological polar surface area (TPSA) is 53.4 Å². The van der Waals surface area contributed by atoms with Gasteiger partial charge in [-0.05, 0) is 12.5 Å². The van der Waals surface area contributed by atoms with Crippen molar-refractivity contribution in [2.45, 2.75) is 12.3 Å². The molecule has 5 nitrogen and oxygen atoms in total. The van der Waals surface area contributed by atoms with Gasteiger partial charge in [-0.25, -0.2) is 4.79 Å². The highest BCUT2D eigenvalue weighted by molar-refractivity contribution is 5.88. The lowest BCUT2D eigenvalue weighted by Gasteiger charge is -2.25. The summed E-state index contributed by atoms with van der Waals surface area (Å²) in [6, 6.07) is 7.90. The number of aryl methyl sites for hydroxylation is 1. The summed E-state index contributed by atoms with van der Waals surface area (Å²) in [6.45, 7) is 1.03. The van der Waals surface area contributed by atoms with Gasteiger partial charge < -0.3 is 9.47 Å². The van der Waals surface area contributed by atoms with Crippen LogP contribution in [0, 0.1) is 0 Å². The van der Waals surface area contributed by atoms with E-state index in [0.29, 0.717) is 18.8 Å². The van der Waals surface area contributed by atoms with Gasteiger partial charge in [0, 0.05) is 24.7 Å². The van der Waals surface area contributed by atoms with E-state index in [4.69, 9.17) is 9.47 Å². The molecule has 1 aromatic carbocycles. The molecule has 0 fully saturated rings. The van der Waals surface area contributed by atoms with Crippen molar-refractivity contribution in [3.8, 4) is 5.75 Å². The first-order valence-electron chi connectivity index (χ1n) is 6.61. The molecule has 2 heterocycles. The predicted octanol–water partition coefficient (Wildman–Crippen LogP) is 2.14. The number of para-hydroxylation sites is 1. The first-order chi connectivity index (χ1) is 9.74. The molecule has 1 aliphatic rings. The minimum Gasteiger partial charge on any atom is -0.493 e. The summed E-state index contributed by atoms with van der Waals surface area (Å²) in [5.41, 5.74) is 1.59. The molecule has 0 saturated carbocycles. The maximum absolute atomic E-state index is 11.9. The number of esters is 1. The number of hydrogen-bond acceptors (Lipinski definition) is 4. The van der Waals surface area contributed by atoms with Crippen LogP contribution >= 0.6 is 0 Å². The quantitative estimate of drug-likeness (QED) is 0.803. The zero-order chi connectivity index (χ0) is 13.9. The van der Waals surface area contributed by atoms with Gasteiger partial charge in [0.15, 0.2) is 0 Å². The highest BCUT2D eigenvalue weighted by atomic mass is 16.5. The lowest BCUT2D eigenvalue weighted by atomic mass is 9.94. The number of hydrogen-bond donors (Lipinski definition) is 0. The van der Waals surface area contributed by atoms with Crippen molar-refractivity contribution in [2.24, 2.45) is 7.05 Å². The van der Waals surface area contributed by atoms with Gasteiger partial charge in [0.05, 0.1) is 25.0 Å². The van der Waals surface area contributed by atoms with E-state index in [0.717, 1.165) is 17.7 Å². The number of benzene rings is 1. The van der Waals surface area contributed by atoms with Crippen LogP contribution in [0.5, 0.6) is 5.75 Å². The van der Waals surface area contributed by atoms with Gasteiger partial charge in [-0.1, -0.05) is 18.2 Å². The number of ether oxygens (including phenoxy) is 2. The smallest absolute Gasteiger partial charge is 0.341 e. The molecular weight excluding hydrogens is 256 g/mol. The molecule has 0 saturated heterocycles.